The van der Waals surface area contributed by atoms with Crippen LogP contribution in [-0.2, 0) is 9.47 Å². The Hall–Kier alpha value is 0.690. The van der Waals surface area contributed by atoms with Crippen molar-refractivity contribution in [2.75, 3.05) is 24.4 Å². The summed E-state index contributed by atoms with van der Waals surface area (Å²) in [5.41, 5.74) is -0.240. The smallest absolute Gasteiger partial charge is 0.105 e. The lowest BCUT2D eigenvalue weighted by Crippen LogP contribution is -2.45. The lowest BCUT2D eigenvalue weighted by Gasteiger charge is -2.35. The molecule has 4 heteroatoms. The molecule has 1 unspecified atom stereocenters. The zero-order valence-corrected chi connectivity index (χ0v) is 8.82. The molecule has 1 atom stereocenters. The molecule has 1 fully saturated rings. The third kappa shape index (κ3) is 2.58. The fraction of sp³-hybridized carbons (Fsp3) is 1.00. The van der Waals surface area contributed by atoms with Gasteiger partial charge in [0.05, 0.1) is 24.7 Å². The first-order chi connectivity index (χ1) is 5.20. The van der Waals surface area contributed by atoms with E-state index in [2.05, 4.69) is 15.9 Å². The predicted octanol–water partition coefficient (Wildman–Crippen LogP) is 1.79. The molecule has 0 aromatic rings. The van der Waals surface area contributed by atoms with Gasteiger partial charge in [0.1, 0.15) is 6.10 Å². The Morgan fingerprint density at radius 3 is 2.64 bits per heavy atom. The van der Waals surface area contributed by atoms with Gasteiger partial charge in [-0.25, -0.2) is 0 Å². The summed E-state index contributed by atoms with van der Waals surface area (Å²) in [4.78, 5) is 0. The van der Waals surface area contributed by atoms with Crippen molar-refractivity contribution in [3.8, 4) is 0 Å². The molecule has 0 aromatic carbocycles. The van der Waals surface area contributed by atoms with Crippen molar-refractivity contribution in [2.24, 2.45) is 0 Å². The van der Waals surface area contributed by atoms with E-state index in [0.717, 1.165) is 5.33 Å². The Kier molecular flexibility index (Phi) is 3.62. The van der Waals surface area contributed by atoms with E-state index in [1.807, 2.05) is 6.92 Å². The highest BCUT2D eigenvalue weighted by Crippen LogP contribution is 2.21. The molecule has 0 aliphatic carbocycles. The first kappa shape index (κ1) is 9.78. The largest absolute Gasteiger partial charge is 0.376 e. The molecule has 0 saturated carbocycles. The molecule has 1 aliphatic rings. The van der Waals surface area contributed by atoms with E-state index in [1.54, 1.807) is 0 Å². The van der Waals surface area contributed by atoms with E-state index in [0.29, 0.717) is 19.1 Å². The van der Waals surface area contributed by atoms with Gasteiger partial charge in [0.2, 0.25) is 0 Å². The summed E-state index contributed by atoms with van der Waals surface area (Å²) in [5, 5.41) is 0.764. The van der Waals surface area contributed by atoms with Crippen LogP contribution >= 0.6 is 27.5 Å². The molecule has 1 heterocycles. The molecule has 11 heavy (non-hydrogen) atoms. The van der Waals surface area contributed by atoms with Crippen molar-refractivity contribution in [3.63, 3.8) is 0 Å². The summed E-state index contributed by atoms with van der Waals surface area (Å²) in [6, 6.07) is 0. The quantitative estimate of drug-likeness (QED) is 0.701. The fourth-order valence-corrected chi connectivity index (χ4v) is 1.50. The Morgan fingerprint density at radius 1 is 1.73 bits per heavy atom. The topological polar surface area (TPSA) is 18.5 Å². The zero-order valence-electron chi connectivity index (χ0n) is 6.48. The Bertz CT molecular complexity index is 124. The maximum Gasteiger partial charge on any atom is 0.105 e. The van der Waals surface area contributed by atoms with Gasteiger partial charge in [-0.2, -0.15) is 0 Å². The number of halogens is 2. The highest BCUT2D eigenvalue weighted by atomic mass is 79.9. The minimum Gasteiger partial charge on any atom is -0.376 e. The van der Waals surface area contributed by atoms with Crippen molar-refractivity contribution in [1.82, 2.24) is 0 Å². The van der Waals surface area contributed by atoms with Crippen LogP contribution in [0.4, 0.5) is 0 Å². The molecule has 0 aromatic heterocycles. The van der Waals surface area contributed by atoms with Crippen LogP contribution in [0.5, 0.6) is 0 Å². The summed E-state index contributed by atoms with van der Waals surface area (Å²) < 4.78 is 10.7. The summed E-state index contributed by atoms with van der Waals surface area (Å²) >= 11 is 9.10. The third-order valence-corrected chi connectivity index (χ3v) is 3.38. The van der Waals surface area contributed by atoms with Crippen molar-refractivity contribution >= 4 is 27.5 Å². The highest BCUT2D eigenvalue weighted by molar-refractivity contribution is 9.09. The van der Waals surface area contributed by atoms with E-state index in [9.17, 15) is 0 Å². The summed E-state index contributed by atoms with van der Waals surface area (Å²) in [6.45, 7) is 3.41. The molecule has 0 bridgehead atoms. The first-order valence-corrected chi connectivity index (χ1v) is 5.23. The average Bonchev–Trinajstić information content (AvgIpc) is 1.97. The standard InChI is InChI=1S/C7H12BrClO2/c1-7(4-8,5-9)11-6-2-10-3-6/h6H,2-5H2,1H3. The Labute approximate surface area is 80.3 Å². The molecule has 2 nitrogen and oxygen atoms in total. The Balaban J connectivity index is 2.29. The lowest BCUT2D eigenvalue weighted by molar-refractivity contribution is -0.173. The fourth-order valence-electron chi connectivity index (χ4n) is 0.783. The molecule has 1 saturated heterocycles. The molecular formula is C7H12BrClO2. The van der Waals surface area contributed by atoms with Gasteiger partial charge >= 0.3 is 0 Å². The minimum absolute atomic E-state index is 0.240. The van der Waals surface area contributed by atoms with Gasteiger partial charge in [0, 0.05) is 5.33 Å². The van der Waals surface area contributed by atoms with E-state index < -0.39 is 0 Å². The molecule has 0 radical (unpaired) electrons. The van der Waals surface area contributed by atoms with Gasteiger partial charge in [-0.1, -0.05) is 15.9 Å². The second kappa shape index (κ2) is 4.08. The molecule has 1 aliphatic heterocycles. The number of ether oxygens (including phenoxy) is 2. The molecule has 0 N–H and O–H groups in total. The van der Waals surface area contributed by atoms with Crippen LogP contribution in [0.1, 0.15) is 6.92 Å². The molecular weight excluding hydrogens is 231 g/mol. The van der Waals surface area contributed by atoms with E-state index in [4.69, 9.17) is 21.1 Å². The van der Waals surface area contributed by atoms with Gasteiger partial charge in [0.15, 0.2) is 0 Å². The molecule has 1 rings (SSSR count). The van der Waals surface area contributed by atoms with Crippen molar-refractivity contribution in [2.45, 2.75) is 18.6 Å². The summed E-state index contributed by atoms with van der Waals surface area (Å²) in [5.74, 6) is 0.509. The number of hydrogen-bond acceptors (Lipinski definition) is 2. The lowest BCUT2D eigenvalue weighted by atomic mass is 10.1. The zero-order chi connectivity index (χ0) is 8.32. The van der Waals surface area contributed by atoms with Crippen molar-refractivity contribution in [3.05, 3.63) is 0 Å². The summed E-state index contributed by atoms with van der Waals surface area (Å²) in [7, 11) is 0. The third-order valence-electron chi connectivity index (χ3n) is 1.62. The SMILES string of the molecule is CC(CCl)(CBr)OC1COC1. The van der Waals surface area contributed by atoms with E-state index in [1.165, 1.54) is 0 Å². The van der Waals surface area contributed by atoms with Gasteiger partial charge in [0.25, 0.3) is 0 Å². The van der Waals surface area contributed by atoms with Crippen molar-refractivity contribution in [1.29, 1.82) is 0 Å². The highest BCUT2D eigenvalue weighted by Gasteiger charge is 2.30. The van der Waals surface area contributed by atoms with Crippen LogP contribution in [0, 0.1) is 0 Å². The maximum atomic E-state index is 5.74. The molecule has 0 amide bonds. The van der Waals surface area contributed by atoms with Gasteiger partial charge in [-0.3, -0.25) is 0 Å². The normalized spacial score (nSPS) is 24.3. The molecule has 66 valence electrons. The summed E-state index contributed by atoms with van der Waals surface area (Å²) in [6.07, 6.45) is 0.247. The first-order valence-electron chi connectivity index (χ1n) is 3.58. The van der Waals surface area contributed by atoms with Crippen molar-refractivity contribution < 1.29 is 9.47 Å². The average molecular weight is 244 g/mol. The van der Waals surface area contributed by atoms with E-state index >= 15 is 0 Å². The maximum absolute atomic E-state index is 5.74. The van der Waals surface area contributed by atoms with Crippen LogP contribution in [-0.4, -0.2) is 36.1 Å². The van der Waals surface area contributed by atoms with Gasteiger partial charge in [-0.15, -0.1) is 11.6 Å². The van der Waals surface area contributed by atoms with E-state index in [-0.39, 0.29) is 11.7 Å². The molecule has 0 spiro atoms. The van der Waals surface area contributed by atoms with Crippen LogP contribution in [0.25, 0.3) is 0 Å². The second-order valence-electron chi connectivity index (χ2n) is 2.99. The number of hydrogen-bond donors (Lipinski definition) is 0. The predicted molar refractivity (Wildman–Crippen MR) is 48.6 cm³/mol. The number of alkyl halides is 2. The van der Waals surface area contributed by atoms with Crippen LogP contribution in [0.2, 0.25) is 0 Å². The van der Waals surface area contributed by atoms with Crippen LogP contribution < -0.4 is 0 Å². The van der Waals surface area contributed by atoms with Crippen LogP contribution in [0.3, 0.4) is 0 Å². The minimum atomic E-state index is -0.240. The number of rotatable bonds is 4. The Morgan fingerprint density at radius 2 is 2.36 bits per heavy atom. The van der Waals surface area contributed by atoms with Crippen LogP contribution in [0.15, 0.2) is 0 Å². The van der Waals surface area contributed by atoms with Gasteiger partial charge < -0.3 is 9.47 Å². The monoisotopic (exact) mass is 242 g/mol. The van der Waals surface area contributed by atoms with Gasteiger partial charge in [-0.05, 0) is 6.92 Å². The second-order valence-corrected chi connectivity index (χ2v) is 3.82.